The molecular formula is C15H16ClFN2. The van der Waals surface area contributed by atoms with Gasteiger partial charge >= 0.3 is 0 Å². The quantitative estimate of drug-likeness (QED) is 0.651. The lowest BCUT2D eigenvalue weighted by Crippen LogP contribution is -2.38. The van der Waals surface area contributed by atoms with Crippen molar-refractivity contribution in [1.82, 2.24) is 5.43 Å². The minimum Gasteiger partial charge on any atom is -0.271 e. The van der Waals surface area contributed by atoms with E-state index in [0.29, 0.717) is 11.4 Å². The first-order valence-electron chi connectivity index (χ1n) is 6.12. The molecule has 0 saturated carbocycles. The van der Waals surface area contributed by atoms with Crippen molar-refractivity contribution in [1.29, 1.82) is 0 Å². The Bertz CT molecular complexity index is 528. The molecule has 0 aromatic heterocycles. The van der Waals surface area contributed by atoms with Crippen LogP contribution in [0.15, 0.2) is 48.5 Å². The van der Waals surface area contributed by atoms with Gasteiger partial charge < -0.3 is 0 Å². The highest BCUT2D eigenvalue weighted by molar-refractivity contribution is 6.30. The molecule has 0 saturated heterocycles. The van der Waals surface area contributed by atoms with Crippen molar-refractivity contribution in [2.24, 2.45) is 5.84 Å². The van der Waals surface area contributed by atoms with E-state index in [1.807, 2.05) is 30.3 Å². The van der Waals surface area contributed by atoms with Crippen LogP contribution in [0.3, 0.4) is 0 Å². The monoisotopic (exact) mass is 278 g/mol. The number of hydrogen-bond acceptors (Lipinski definition) is 2. The minimum absolute atomic E-state index is 0.0583. The molecule has 3 N–H and O–H groups in total. The van der Waals surface area contributed by atoms with Gasteiger partial charge in [0.2, 0.25) is 0 Å². The van der Waals surface area contributed by atoms with Crippen LogP contribution in [-0.4, -0.2) is 6.04 Å². The van der Waals surface area contributed by atoms with Crippen LogP contribution in [-0.2, 0) is 12.8 Å². The highest BCUT2D eigenvalue weighted by Crippen LogP contribution is 2.13. The Labute approximate surface area is 117 Å². The number of nitrogens with one attached hydrogen (secondary N) is 1. The Morgan fingerprint density at radius 1 is 1.05 bits per heavy atom. The number of hydrazine groups is 1. The summed E-state index contributed by atoms with van der Waals surface area (Å²) in [6, 6.07) is 14.3. The Morgan fingerprint density at radius 2 is 1.74 bits per heavy atom. The summed E-state index contributed by atoms with van der Waals surface area (Å²) in [5.41, 5.74) is 4.85. The van der Waals surface area contributed by atoms with Gasteiger partial charge in [0.05, 0.1) is 0 Å². The zero-order valence-electron chi connectivity index (χ0n) is 10.4. The molecule has 0 aliphatic carbocycles. The molecule has 2 aromatic carbocycles. The first kappa shape index (κ1) is 14.0. The van der Waals surface area contributed by atoms with Crippen LogP contribution in [0.25, 0.3) is 0 Å². The maximum atomic E-state index is 13.1. The Balaban J connectivity index is 2.02. The highest BCUT2D eigenvalue weighted by atomic mass is 35.5. The Morgan fingerprint density at radius 3 is 2.37 bits per heavy atom. The van der Waals surface area contributed by atoms with Crippen molar-refractivity contribution in [3.05, 3.63) is 70.5 Å². The van der Waals surface area contributed by atoms with Gasteiger partial charge in [-0.1, -0.05) is 35.9 Å². The zero-order valence-corrected chi connectivity index (χ0v) is 11.2. The molecule has 1 unspecified atom stereocenters. The van der Waals surface area contributed by atoms with Crippen molar-refractivity contribution in [3.8, 4) is 0 Å². The van der Waals surface area contributed by atoms with Crippen molar-refractivity contribution in [3.63, 3.8) is 0 Å². The number of rotatable bonds is 5. The fourth-order valence-electron chi connectivity index (χ4n) is 2.04. The van der Waals surface area contributed by atoms with Gasteiger partial charge in [-0.25, -0.2) is 4.39 Å². The van der Waals surface area contributed by atoms with E-state index in [1.54, 1.807) is 6.07 Å². The van der Waals surface area contributed by atoms with E-state index in [2.05, 4.69) is 5.43 Å². The molecule has 0 aliphatic rings. The van der Waals surface area contributed by atoms with Gasteiger partial charge in [0.1, 0.15) is 5.82 Å². The summed E-state index contributed by atoms with van der Waals surface area (Å²) >= 11 is 5.85. The fourth-order valence-corrected chi connectivity index (χ4v) is 2.17. The maximum Gasteiger partial charge on any atom is 0.123 e. The van der Waals surface area contributed by atoms with Crippen LogP contribution in [0.1, 0.15) is 11.1 Å². The molecule has 0 bridgehead atoms. The molecular weight excluding hydrogens is 263 g/mol. The SMILES string of the molecule is NNC(Cc1ccc(Cl)cc1)Cc1cccc(F)c1. The number of nitrogens with two attached hydrogens (primary N) is 1. The second-order valence-electron chi connectivity index (χ2n) is 4.53. The third-order valence-electron chi connectivity index (χ3n) is 3.00. The van der Waals surface area contributed by atoms with Gasteiger partial charge in [0.25, 0.3) is 0 Å². The molecule has 0 amide bonds. The third-order valence-corrected chi connectivity index (χ3v) is 3.25. The molecule has 2 nitrogen and oxygen atoms in total. The smallest absolute Gasteiger partial charge is 0.123 e. The van der Waals surface area contributed by atoms with Gasteiger partial charge in [-0.2, -0.15) is 0 Å². The van der Waals surface area contributed by atoms with Crippen LogP contribution in [0.5, 0.6) is 0 Å². The lowest BCUT2D eigenvalue weighted by atomic mass is 9.99. The molecule has 0 radical (unpaired) electrons. The molecule has 2 aromatic rings. The number of halogens is 2. The zero-order chi connectivity index (χ0) is 13.7. The third kappa shape index (κ3) is 4.31. The summed E-state index contributed by atoms with van der Waals surface area (Å²) in [6.07, 6.45) is 1.45. The standard InChI is InChI=1S/C15H16ClFN2/c16-13-6-4-11(5-7-13)9-15(19-18)10-12-2-1-3-14(17)8-12/h1-8,15,19H,9-10,18H2. The molecule has 1 atom stereocenters. The normalized spacial score (nSPS) is 12.4. The largest absolute Gasteiger partial charge is 0.271 e. The maximum absolute atomic E-state index is 13.1. The average Bonchev–Trinajstić information content (AvgIpc) is 2.40. The van der Waals surface area contributed by atoms with E-state index in [1.165, 1.54) is 12.1 Å². The predicted molar refractivity (Wildman–Crippen MR) is 76.4 cm³/mol. The van der Waals surface area contributed by atoms with E-state index in [9.17, 15) is 4.39 Å². The molecule has 19 heavy (non-hydrogen) atoms. The average molecular weight is 279 g/mol. The lowest BCUT2D eigenvalue weighted by molar-refractivity contribution is 0.520. The van der Waals surface area contributed by atoms with Crippen molar-refractivity contribution >= 4 is 11.6 Å². The van der Waals surface area contributed by atoms with Crippen molar-refractivity contribution in [2.75, 3.05) is 0 Å². The fraction of sp³-hybridized carbons (Fsp3) is 0.200. The van der Waals surface area contributed by atoms with E-state index < -0.39 is 0 Å². The van der Waals surface area contributed by atoms with Crippen LogP contribution >= 0.6 is 11.6 Å². The Kier molecular flexibility index (Phi) is 4.91. The second-order valence-corrected chi connectivity index (χ2v) is 4.96. The van der Waals surface area contributed by atoms with Gasteiger partial charge in [-0.15, -0.1) is 0 Å². The molecule has 0 spiro atoms. The van der Waals surface area contributed by atoms with Gasteiger partial charge in [0.15, 0.2) is 0 Å². The summed E-state index contributed by atoms with van der Waals surface area (Å²) in [4.78, 5) is 0. The topological polar surface area (TPSA) is 38.0 Å². The Hall–Kier alpha value is -1.42. The molecule has 0 heterocycles. The van der Waals surface area contributed by atoms with Crippen LogP contribution in [0.2, 0.25) is 5.02 Å². The van der Waals surface area contributed by atoms with Crippen molar-refractivity contribution in [2.45, 2.75) is 18.9 Å². The molecule has 4 heteroatoms. The molecule has 0 fully saturated rings. The van der Waals surface area contributed by atoms with Crippen LogP contribution in [0, 0.1) is 5.82 Å². The summed E-state index contributed by atoms with van der Waals surface area (Å²) in [7, 11) is 0. The summed E-state index contributed by atoms with van der Waals surface area (Å²) in [5, 5.41) is 0.714. The summed E-state index contributed by atoms with van der Waals surface area (Å²) in [6.45, 7) is 0. The van der Waals surface area contributed by atoms with E-state index in [-0.39, 0.29) is 11.9 Å². The first-order chi connectivity index (χ1) is 9.17. The lowest BCUT2D eigenvalue weighted by Gasteiger charge is -2.16. The van der Waals surface area contributed by atoms with E-state index >= 15 is 0 Å². The molecule has 2 rings (SSSR count). The number of hydrogen-bond donors (Lipinski definition) is 2. The van der Waals surface area contributed by atoms with Crippen molar-refractivity contribution < 1.29 is 4.39 Å². The highest BCUT2D eigenvalue weighted by Gasteiger charge is 2.09. The van der Waals surface area contributed by atoms with Gasteiger partial charge in [-0.05, 0) is 48.2 Å². The van der Waals surface area contributed by atoms with Gasteiger partial charge in [0, 0.05) is 11.1 Å². The van der Waals surface area contributed by atoms with E-state index in [0.717, 1.165) is 17.5 Å². The second kappa shape index (κ2) is 6.66. The summed E-state index contributed by atoms with van der Waals surface area (Å²) < 4.78 is 13.1. The minimum atomic E-state index is -0.222. The van der Waals surface area contributed by atoms with Crippen LogP contribution in [0.4, 0.5) is 4.39 Å². The predicted octanol–water partition coefficient (Wildman–Crippen LogP) is 3.10. The van der Waals surface area contributed by atoms with Gasteiger partial charge in [-0.3, -0.25) is 11.3 Å². The molecule has 0 aliphatic heterocycles. The van der Waals surface area contributed by atoms with Crippen LogP contribution < -0.4 is 11.3 Å². The summed E-state index contributed by atoms with van der Waals surface area (Å²) in [5.74, 6) is 5.34. The van der Waals surface area contributed by atoms with E-state index in [4.69, 9.17) is 17.4 Å². The first-order valence-corrected chi connectivity index (χ1v) is 6.50. The number of benzene rings is 2. The molecule has 100 valence electrons.